The Labute approximate surface area is 128 Å². The minimum atomic E-state index is -0.500. The lowest BCUT2D eigenvalue weighted by Gasteiger charge is -2.00. The van der Waals surface area contributed by atoms with Crippen LogP contribution in [0, 0.1) is 13.8 Å². The molecule has 0 fully saturated rings. The Kier molecular flexibility index (Phi) is 2.61. The zero-order valence-electron chi connectivity index (χ0n) is 11.8. The van der Waals surface area contributed by atoms with Crippen molar-refractivity contribution in [1.82, 2.24) is 14.4 Å². The topological polar surface area (TPSA) is 80.4 Å². The maximum absolute atomic E-state index is 11.6. The number of aryl methyl sites for hydroxylation is 2. The van der Waals surface area contributed by atoms with Crippen molar-refractivity contribution >= 4 is 33.7 Å². The summed E-state index contributed by atoms with van der Waals surface area (Å²) in [5.41, 5.74) is 3.92. The highest BCUT2D eigenvalue weighted by molar-refractivity contribution is 7.17. The summed E-state index contributed by atoms with van der Waals surface area (Å²) in [6.45, 7) is 3.97. The summed E-state index contributed by atoms with van der Waals surface area (Å²) in [5.74, 6) is -0.500. The van der Waals surface area contributed by atoms with Crippen LogP contribution in [0.2, 0.25) is 0 Å². The van der Waals surface area contributed by atoms with E-state index >= 15 is 0 Å². The average Bonchev–Trinajstić information content (AvgIpc) is 3.11. The fraction of sp³-hybridized carbons (Fsp3) is 0.133. The highest BCUT2D eigenvalue weighted by atomic mass is 32.1. The first-order valence-electron chi connectivity index (χ1n) is 6.65. The quantitative estimate of drug-likeness (QED) is 0.577. The van der Waals surface area contributed by atoms with Crippen molar-refractivity contribution in [2.75, 3.05) is 0 Å². The van der Waals surface area contributed by atoms with Gasteiger partial charge in [-0.15, -0.1) is 11.3 Å². The van der Waals surface area contributed by atoms with Crippen LogP contribution in [-0.4, -0.2) is 20.7 Å². The van der Waals surface area contributed by atoms with Gasteiger partial charge in [0, 0.05) is 16.1 Å². The molecule has 110 valence electrons. The number of aromatic nitrogens is 3. The number of rotatable bonds is 2. The Morgan fingerprint density at radius 1 is 1.36 bits per heavy atom. The molecular weight excluding hydrogens is 302 g/mol. The van der Waals surface area contributed by atoms with Crippen molar-refractivity contribution in [3.63, 3.8) is 0 Å². The molecule has 0 unspecified atom stereocenters. The van der Waals surface area contributed by atoms with Crippen LogP contribution in [0.25, 0.3) is 27.3 Å². The molecule has 0 aliphatic rings. The van der Waals surface area contributed by atoms with Crippen LogP contribution in [-0.2, 0) is 0 Å². The second-order valence-corrected chi connectivity index (χ2v) is 6.23. The van der Waals surface area contributed by atoms with Crippen LogP contribution in [0.3, 0.4) is 0 Å². The molecule has 0 atom stereocenters. The molecule has 1 N–H and O–H groups in total. The molecule has 0 amide bonds. The van der Waals surface area contributed by atoms with Gasteiger partial charge < -0.3 is 4.42 Å². The standard InChI is InChI=1S/C15H11N3O3S/c1-7-8(2)22-14-17-13(11(6-19)18(7)14)9-3-4-10-12(5-9)21-15(20)16-10/h3-6H,1-2H3,(H,16,20). The van der Waals surface area contributed by atoms with Crippen LogP contribution < -0.4 is 5.76 Å². The Morgan fingerprint density at radius 2 is 2.18 bits per heavy atom. The summed E-state index contributed by atoms with van der Waals surface area (Å²) in [6, 6.07) is 5.28. The van der Waals surface area contributed by atoms with Crippen LogP contribution in [0.4, 0.5) is 0 Å². The van der Waals surface area contributed by atoms with Gasteiger partial charge in [-0.3, -0.25) is 14.2 Å². The van der Waals surface area contributed by atoms with Gasteiger partial charge in [0.15, 0.2) is 16.8 Å². The Bertz CT molecular complexity index is 1100. The molecule has 3 heterocycles. The van der Waals surface area contributed by atoms with E-state index < -0.39 is 5.76 Å². The van der Waals surface area contributed by atoms with Crippen molar-refractivity contribution in [3.05, 3.63) is 45.0 Å². The number of aldehydes is 1. The summed E-state index contributed by atoms with van der Waals surface area (Å²) in [7, 11) is 0. The number of oxazole rings is 1. The van der Waals surface area contributed by atoms with Gasteiger partial charge in [0.2, 0.25) is 0 Å². The number of hydrogen-bond donors (Lipinski definition) is 1. The minimum Gasteiger partial charge on any atom is -0.408 e. The van der Waals surface area contributed by atoms with Gasteiger partial charge in [-0.2, -0.15) is 0 Å². The Hall–Kier alpha value is -2.67. The molecule has 1 aromatic carbocycles. The van der Waals surface area contributed by atoms with Crippen molar-refractivity contribution in [3.8, 4) is 11.3 Å². The lowest BCUT2D eigenvalue weighted by molar-refractivity contribution is 0.111. The van der Waals surface area contributed by atoms with E-state index in [0.717, 1.165) is 27.4 Å². The molecule has 0 saturated heterocycles. The second-order valence-electron chi connectivity index (χ2n) is 5.05. The van der Waals surface area contributed by atoms with E-state index in [4.69, 9.17) is 4.42 Å². The van der Waals surface area contributed by atoms with E-state index in [1.54, 1.807) is 23.5 Å². The number of nitrogens with zero attached hydrogens (tertiary/aromatic N) is 2. The highest BCUT2D eigenvalue weighted by Gasteiger charge is 2.18. The summed E-state index contributed by atoms with van der Waals surface area (Å²) in [6.07, 6.45) is 0.811. The van der Waals surface area contributed by atoms with Crippen LogP contribution >= 0.6 is 11.3 Å². The van der Waals surface area contributed by atoms with E-state index in [1.807, 2.05) is 24.3 Å². The van der Waals surface area contributed by atoms with Gasteiger partial charge in [0.05, 0.1) is 5.52 Å². The largest absolute Gasteiger partial charge is 0.417 e. The fourth-order valence-electron chi connectivity index (χ4n) is 2.59. The molecule has 0 aliphatic heterocycles. The number of hydrogen-bond acceptors (Lipinski definition) is 5. The van der Waals surface area contributed by atoms with Gasteiger partial charge in [-0.05, 0) is 26.0 Å². The second kappa shape index (κ2) is 4.41. The smallest absolute Gasteiger partial charge is 0.408 e. The first-order valence-corrected chi connectivity index (χ1v) is 7.47. The lowest BCUT2D eigenvalue weighted by atomic mass is 10.1. The van der Waals surface area contributed by atoms with Gasteiger partial charge in [-0.25, -0.2) is 9.78 Å². The molecule has 0 spiro atoms. The predicted octanol–water partition coefficient (Wildman–Crippen LogP) is 2.93. The minimum absolute atomic E-state index is 0.448. The van der Waals surface area contributed by atoms with Gasteiger partial charge in [0.1, 0.15) is 11.4 Å². The van der Waals surface area contributed by atoms with Crippen molar-refractivity contribution in [2.45, 2.75) is 13.8 Å². The van der Waals surface area contributed by atoms with E-state index in [-0.39, 0.29) is 0 Å². The molecule has 7 heteroatoms. The SMILES string of the molecule is Cc1sc2nc(-c3ccc4[nH]c(=O)oc4c3)c(C=O)n2c1C. The molecule has 22 heavy (non-hydrogen) atoms. The van der Waals surface area contributed by atoms with Crippen LogP contribution in [0.5, 0.6) is 0 Å². The van der Waals surface area contributed by atoms with Crippen molar-refractivity contribution in [1.29, 1.82) is 0 Å². The lowest BCUT2D eigenvalue weighted by Crippen LogP contribution is -1.94. The van der Waals surface area contributed by atoms with E-state index in [0.29, 0.717) is 22.5 Å². The molecular formula is C15H11N3O3S. The average molecular weight is 313 g/mol. The third-order valence-electron chi connectivity index (χ3n) is 3.78. The van der Waals surface area contributed by atoms with Gasteiger partial charge in [-0.1, -0.05) is 6.07 Å². The van der Waals surface area contributed by atoms with E-state index in [9.17, 15) is 9.59 Å². The number of H-pyrrole nitrogens is 1. The number of fused-ring (bicyclic) bond motifs is 2. The monoisotopic (exact) mass is 313 g/mol. The molecule has 0 aliphatic carbocycles. The maximum atomic E-state index is 11.6. The van der Waals surface area contributed by atoms with Crippen molar-refractivity contribution < 1.29 is 9.21 Å². The first kappa shape index (κ1) is 13.0. The van der Waals surface area contributed by atoms with Crippen LogP contribution in [0.15, 0.2) is 27.4 Å². The summed E-state index contributed by atoms with van der Waals surface area (Å²) < 4.78 is 6.93. The first-order chi connectivity index (χ1) is 10.6. The normalized spacial score (nSPS) is 11.5. The number of imidazole rings is 1. The predicted molar refractivity (Wildman–Crippen MR) is 83.8 cm³/mol. The van der Waals surface area contributed by atoms with Gasteiger partial charge in [0.25, 0.3) is 0 Å². The van der Waals surface area contributed by atoms with Crippen LogP contribution in [0.1, 0.15) is 21.1 Å². The summed E-state index contributed by atoms with van der Waals surface area (Å²) in [5, 5.41) is 0. The number of nitrogens with one attached hydrogen (secondary N) is 1. The molecule has 4 aromatic rings. The summed E-state index contributed by atoms with van der Waals surface area (Å²) in [4.78, 5) is 31.9. The third-order valence-corrected chi connectivity index (χ3v) is 4.84. The van der Waals surface area contributed by atoms with E-state index in [2.05, 4.69) is 9.97 Å². The number of benzene rings is 1. The molecule has 0 bridgehead atoms. The molecule has 4 rings (SSSR count). The maximum Gasteiger partial charge on any atom is 0.417 e. The molecule has 0 saturated carbocycles. The molecule has 3 aromatic heterocycles. The van der Waals surface area contributed by atoms with E-state index in [1.165, 1.54) is 0 Å². The molecule has 0 radical (unpaired) electrons. The van der Waals surface area contributed by atoms with Gasteiger partial charge >= 0.3 is 5.76 Å². The number of aromatic amines is 1. The Balaban J connectivity index is 2.02. The third kappa shape index (κ3) is 1.69. The number of carbonyl (C=O) groups excluding carboxylic acids is 1. The number of thiazole rings is 1. The highest BCUT2D eigenvalue weighted by Crippen LogP contribution is 2.30. The Morgan fingerprint density at radius 3 is 2.95 bits per heavy atom. The van der Waals surface area contributed by atoms with Crippen molar-refractivity contribution in [2.24, 2.45) is 0 Å². The zero-order valence-corrected chi connectivity index (χ0v) is 12.7. The molecule has 6 nitrogen and oxygen atoms in total. The fourth-order valence-corrected chi connectivity index (χ4v) is 3.56. The zero-order chi connectivity index (χ0) is 15.4. The number of carbonyl (C=O) groups is 1. The summed E-state index contributed by atoms with van der Waals surface area (Å²) >= 11 is 1.54.